The lowest BCUT2D eigenvalue weighted by molar-refractivity contribution is 0.339. The molecule has 0 spiro atoms. The molecule has 1 aliphatic carbocycles. The summed E-state index contributed by atoms with van der Waals surface area (Å²) in [6, 6.07) is 4.57. The van der Waals surface area contributed by atoms with E-state index in [1.807, 2.05) is 0 Å². The lowest BCUT2D eigenvalue weighted by Gasteiger charge is -2.27. The number of alkyl halides is 1. The lowest BCUT2D eigenvalue weighted by Crippen LogP contribution is -2.13. The van der Waals surface area contributed by atoms with Crippen molar-refractivity contribution in [3.63, 3.8) is 0 Å². The van der Waals surface area contributed by atoms with Gasteiger partial charge in [0.2, 0.25) is 0 Å². The Morgan fingerprint density at radius 3 is 2.65 bits per heavy atom. The third kappa shape index (κ3) is 2.92. The fraction of sp³-hybridized carbons (Fsp3) is 0.571. The van der Waals surface area contributed by atoms with Gasteiger partial charge < -0.3 is 4.74 Å². The third-order valence-electron chi connectivity index (χ3n) is 3.55. The van der Waals surface area contributed by atoms with Crippen LogP contribution in [0.15, 0.2) is 18.2 Å². The molecule has 17 heavy (non-hydrogen) atoms. The Hall–Kier alpha value is -0.760. The summed E-state index contributed by atoms with van der Waals surface area (Å²) in [7, 11) is 1.60. The zero-order chi connectivity index (χ0) is 12.3. The Morgan fingerprint density at radius 1 is 1.29 bits per heavy atom. The van der Waals surface area contributed by atoms with Crippen molar-refractivity contribution in [2.24, 2.45) is 5.92 Å². The first-order valence-corrected chi connectivity index (χ1v) is 6.63. The first kappa shape index (κ1) is 12.7. The SMILES string of the molecule is COc1ccc(F)cc1C(Cl)C1CCCCC1. The number of halogens is 2. The Bertz CT molecular complexity index is 374. The lowest BCUT2D eigenvalue weighted by atomic mass is 9.84. The highest BCUT2D eigenvalue weighted by Crippen LogP contribution is 2.42. The molecule has 0 bridgehead atoms. The summed E-state index contributed by atoms with van der Waals surface area (Å²) >= 11 is 6.49. The van der Waals surface area contributed by atoms with Crippen LogP contribution in [0.1, 0.15) is 43.0 Å². The molecule has 1 saturated carbocycles. The van der Waals surface area contributed by atoms with Crippen LogP contribution in [0.25, 0.3) is 0 Å². The number of hydrogen-bond donors (Lipinski definition) is 0. The average molecular weight is 257 g/mol. The molecule has 1 atom stereocenters. The number of rotatable bonds is 3. The van der Waals surface area contributed by atoms with Crippen LogP contribution in [0.2, 0.25) is 0 Å². The minimum atomic E-state index is -0.248. The summed E-state index contributed by atoms with van der Waals surface area (Å²) < 4.78 is 18.6. The van der Waals surface area contributed by atoms with Crippen molar-refractivity contribution in [1.82, 2.24) is 0 Å². The summed E-state index contributed by atoms with van der Waals surface area (Å²) in [5, 5.41) is -0.138. The van der Waals surface area contributed by atoms with E-state index in [4.69, 9.17) is 16.3 Å². The summed E-state index contributed by atoms with van der Waals surface area (Å²) in [5.41, 5.74) is 0.793. The highest BCUT2D eigenvalue weighted by Gasteiger charge is 2.25. The smallest absolute Gasteiger partial charge is 0.123 e. The van der Waals surface area contributed by atoms with Crippen LogP contribution >= 0.6 is 11.6 Å². The molecule has 1 aromatic carbocycles. The molecule has 0 aromatic heterocycles. The van der Waals surface area contributed by atoms with E-state index in [1.54, 1.807) is 13.2 Å². The topological polar surface area (TPSA) is 9.23 Å². The number of methoxy groups -OCH3 is 1. The van der Waals surface area contributed by atoms with Gasteiger partial charge in [-0.25, -0.2) is 4.39 Å². The molecule has 1 aliphatic rings. The molecule has 2 rings (SSSR count). The molecule has 0 saturated heterocycles. The van der Waals surface area contributed by atoms with Gasteiger partial charge in [-0.05, 0) is 37.0 Å². The molecule has 94 valence electrons. The van der Waals surface area contributed by atoms with Crippen LogP contribution < -0.4 is 4.74 Å². The normalized spacial score (nSPS) is 19.0. The van der Waals surface area contributed by atoms with Gasteiger partial charge in [0.1, 0.15) is 11.6 Å². The van der Waals surface area contributed by atoms with Crippen LogP contribution in [0.3, 0.4) is 0 Å². The number of ether oxygens (including phenoxy) is 1. The van der Waals surface area contributed by atoms with E-state index in [-0.39, 0.29) is 11.2 Å². The molecular formula is C14H18ClFO. The first-order chi connectivity index (χ1) is 8.22. The average Bonchev–Trinajstić information content (AvgIpc) is 2.39. The molecule has 0 amide bonds. The van der Waals surface area contributed by atoms with Crippen molar-refractivity contribution in [3.05, 3.63) is 29.6 Å². The van der Waals surface area contributed by atoms with Crippen molar-refractivity contribution in [2.75, 3.05) is 7.11 Å². The molecule has 0 aliphatic heterocycles. The molecule has 1 aromatic rings. The van der Waals surface area contributed by atoms with Gasteiger partial charge in [-0.15, -0.1) is 11.6 Å². The van der Waals surface area contributed by atoms with Crippen LogP contribution in [0.4, 0.5) is 4.39 Å². The van der Waals surface area contributed by atoms with Crippen LogP contribution in [0.5, 0.6) is 5.75 Å². The second kappa shape index (κ2) is 5.72. The minimum absolute atomic E-state index is 0.138. The Kier molecular flexibility index (Phi) is 4.27. The predicted octanol–water partition coefficient (Wildman–Crippen LogP) is 4.69. The quantitative estimate of drug-likeness (QED) is 0.713. The van der Waals surface area contributed by atoms with Crippen molar-refractivity contribution in [1.29, 1.82) is 0 Å². The summed E-state index contributed by atoms with van der Waals surface area (Å²) in [5.74, 6) is 0.889. The van der Waals surface area contributed by atoms with Gasteiger partial charge in [0.25, 0.3) is 0 Å². The molecular weight excluding hydrogens is 239 g/mol. The highest BCUT2D eigenvalue weighted by atomic mass is 35.5. The summed E-state index contributed by atoms with van der Waals surface area (Å²) in [6.45, 7) is 0. The maximum absolute atomic E-state index is 13.3. The van der Waals surface area contributed by atoms with Crippen LogP contribution in [-0.4, -0.2) is 7.11 Å². The van der Waals surface area contributed by atoms with E-state index >= 15 is 0 Å². The number of hydrogen-bond acceptors (Lipinski definition) is 1. The molecule has 3 heteroatoms. The Labute approximate surface area is 107 Å². The Morgan fingerprint density at radius 2 is 2.00 bits per heavy atom. The third-order valence-corrected chi connectivity index (χ3v) is 4.14. The maximum atomic E-state index is 13.3. The van der Waals surface area contributed by atoms with E-state index in [1.165, 1.54) is 31.4 Å². The van der Waals surface area contributed by atoms with Gasteiger partial charge in [0.05, 0.1) is 12.5 Å². The van der Waals surface area contributed by atoms with Crippen molar-refractivity contribution >= 4 is 11.6 Å². The van der Waals surface area contributed by atoms with Crippen molar-refractivity contribution in [2.45, 2.75) is 37.5 Å². The second-order valence-corrected chi connectivity index (χ2v) is 5.16. The zero-order valence-electron chi connectivity index (χ0n) is 10.1. The highest BCUT2D eigenvalue weighted by molar-refractivity contribution is 6.21. The van der Waals surface area contributed by atoms with Gasteiger partial charge >= 0.3 is 0 Å². The first-order valence-electron chi connectivity index (χ1n) is 6.20. The monoisotopic (exact) mass is 256 g/mol. The van der Waals surface area contributed by atoms with E-state index < -0.39 is 0 Å². The van der Waals surface area contributed by atoms with Gasteiger partial charge in [0.15, 0.2) is 0 Å². The fourth-order valence-corrected chi connectivity index (χ4v) is 3.02. The van der Waals surface area contributed by atoms with E-state index in [0.29, 0.717) is 11.7 Å². The molecule has 0 N–H and O–H groups in total. The molecule has 1 fully saturated rings. The second-order valence-electron chi connectivity index (χ2n) is 4.69. The van der Waals surface area contributed by atoms with E-state index in [2.05, 4.69) is 0 Å². The van der Waals surface area contributed by atoms with Crippen molar-refractivity contribution < 1.29 is 9.13 Å². The predicted molar refractivity (Wildman–Crippen MR) is 68.1 cm³/mol. The molecule has 1 nitrogen and oxygen atoms in total. The van der Waals surface area contributed by atoms with Gasteiger partial charge in [-0.1, -0.05) is 19.3 Å². The summed E-state index contributed by atoms with van der Waals surface area (Å²) in [4.78, 5) is 0. The maximum Gasteiger partial charge on any atom is 0.123 e. The molecule has 0 radical (unpaired) electrons. The van der Waals surface area contributed by atoms with E-state index in [9.17, 15) is 4.39 Å². The van der Waals surface area contributed by atoms with Gasteiger partial charge in [0, 0.05) is 5.56 Å². The van der Waals surface area contributed by atoms with Gasteiger partial charge in [-0.2, -0.15) is 0 Å². The summed E-state index contributed by atoms with van der Waals surface area (Å²) in [6.07, 6.45) is 6.01. The van der Waals surface area contributed by atoms with Gasteiger partial charge in [-0.3, -0.25) is 0 Å². The Balaban J connectivity index is 2.21. The number of benzene rings is 1. The fourth-order valence-electron chi connectivity index (χ4n) is 2.60. The van der Waals surface area contributed by atoms with Crippen molar-refractivity contribution in [3.8, 4) is 5.75 Å². The molecule has 0 heterocycles. The molecule has 1 unspecified atom stereocenters. The minimum Gasteiger partial charge on any atom is -0.496 e. The van der Waals surface area contributed by atoms with Crippen LogP contribution in [0, 0.1) is 11.7 Å². The largest absolute Gasteiger partial charge is 0.496 e. The zero-order valence-corrected chi connectivity index (χ0v) is 10.8. The van der Waals surface area contributed by atoms with Crippen LogP contribution in [-0.2, 0) is 0 Å². The standard InChI is InChI=1S/C14H18ClFO/c1-17-13-8-7-11(16)9-12(13)14(15)10-5-3-2-4-6-10/h7-10,14H,2-6H2,1H3. The van der Waals surface area contributed by atoms with E-state index in [0.717, 1.165) is 18.4 Å².